The van der Waals surface area contributed by atoms with Crippen LogP contribution in [0.15, 0.2) is 30.6 Å². The van der Waals surface area contributed by atoms with Gasteiger partial charge in [-0.1, -0.05) is 0 Å². The van der Waals surface area contributed by atoms with Crippen LogP contribution in [0.4, 0.5) is 5.13 Å². The molecule has 6 heteroatoms. The smallest absolute Gasteiger partial charge is 0.257 e. The zero-order valence-electron chi connectivity index (χ0n) is 9.21. The zero-order chi connectivity index (χ0) is 12.1. The molecule has 17 heavy (non-hydrogen) atoms. The minimum atomic E-state index is -0.204. The van der Waals surface area contributed by atoms with Crippen molar-refractivity contribution in [1.82, 2.24) is 9.36 Å². The van der Waals surface area contributed by atoms with Crippen LogP contribution in [0.3, 0.4) is 0 Å². The third-order valence-corrected chi connectivity index (χ3v) is 2.59. The van der Waals surface area contributed by atoms with Crippen molar-refractivity contribution in [1.29, 1.82) is 0 Å². The number of aromatic nitrogens is 2. The highest BCUT2D eigenvalue weighted by atomic mass is 32.1. The van der Waals surface area contributed by atoms with Crippen molar-refractivity contribution in [2.45, 2.75) is 6.92 Å². The summed E-state index contributed by atoms with van der Waals surface area (Å²) in [6.07, 6.45) is 1.40. The summed E-state index contributed by atoms with van der Waals surface area (Å²) in [5, 5.41) is 3.14. The van der Waals surface area contributed by atoms with E-state index >= 15 is 0 Å². The van der Waals surface area contributed by atoms with Crippen LogP contribution in [0.1, 0.15) is 17.3 Å². The van der Waals surface area contributed by atoms with E-state index in [-0.39, 0.29) is 5.91 Å². The zero-order valence-corrected chi connectivity index (χ0v) is 10.0. The molecule has 0 saturated carbocycles. The second-order valence-corrected chi connectivity index (χ2v) is 3.94. The Morgan fingerprint density at radius 1 is 1.41 bits per heavy atom. The maximum atomic E-state index is 11.8. The van der Waals surface area contributed by atoms with Crippen LogP contribution in [0, 0.1) is 0 Å². The lowest BCUT2D eigenvalue weighted by molar-refractivity contribution is 0.102. The van der Waals surface area contributed by atoms with E-state index in [9.17, 15) is 4.79 Å². The summed E-state index contributed by atoms with van der Waals surface area (Å²) in [5.41, 5.74) is 0.559. The van der Waals surface area contributed by atoms with Gasteiger partial charge in [0.2, 0.25) is 5.13 Å². The number of nitrogens with zero attached hydrogens (tertiary/aromatic N) is 2. The summed E-state index contributed by atoms with van der Waals surface area (Å²) in [6.45, 7) is 2.52. The van der Waals surface area contributed by atoms with Crippen LogP contribution in [0.2, 0.25) is 0 Å². The van der Waals surface area contributed by atoms with Crippen molar-refractivity contribution >= 4 is 22.6 Å². The van der Waals surface area contributed by atoms with Crippen molar-refractivity contribution in [3.05, 3.63) is 36.2 Å². The van der Waals surface area contributed by atoms with Gasteiger partial charge in [-0.25, -0.2) is 4.98 Å². The highest BCUT2D eigenvalue weighted by molar-refractivity contribution is 7.09. The first-order valence-electron chi connectivity index (χ1n) is 5.10. The SMILES string of the molecule is CCOc1ccc(C(=O)Nc2ncns2)cc1. The molecular formula is C11H11N3O2S. The van der Waals surface area contributed by atoms with Crippen LogP contribution in [-0.4, -0.2) is 21.9 Å². The molecule has 1 N–H and O–H groups in total. The predicted octanol–water partition coefficient (Wildman–Crippen LogP) is 2.19. The Labute approximate surface area is 103 Å². The van der Waals surface area contributed by atoms with Gasteiger partial charge in [0.15, 0.2) is 0 Å². The van der Waals surface area contributed by atoms with Crippen molar-refractivity contribution in [3.63, 3.8) is 0 Å². The van der Waals surface area contributed by atoms with Crippen LogP contribution >= 0.6 is 11.5 Å². The highest BCUT2D eigenvalue weighted by Gasteiger charge is 2.07. The highest BCUT2D eigenvalue weighted by Crippen LogP contribution is 2.14. The van der Waals surface area contributed by atoms with Gasteiger partial charge in [-0.3, -0.25) is 10.1 Å². The summed E-state index contributed by atoms with van der Waals surface area (Å²) >= 11 is 1.14. The topological polar surface area (TPSA) is 64.1 Å². The minimum absolute atomic E-state index is 0.204. The second kappa shape index (κ2) is 5.40. The number of ether oxygens (including phenoxy) is 1. The molecule has 1 heterocycles. The van der Waals surface area contributed by atoms with Crippen molar-refractivity contribution in [2.75, 3.05) is 11.9 Å². The molecule has 5 nitrogen and oxygen atoms in total. The van der Waals surface area contributed by atoms with Gasteiger partial charge in [0.05, 0.1) is 6.61 Å². The summed E-state index contributed by atoms with van der Waals surface area (Å²) in [4.78, 5) is 15.6. The fourth-order valence-corrected chi connectivity index (χ4v) is 1.69. The van der Waals surface area contributed by atoms with E-state index in [4.69, 9.17) is 4.74 Å². The lowest BCUT2D eigenvalue weighted by Crippen LogP contribution is -2.11. The van der Waals surface area contributed by atoms with Gasteiger partial charge in [-0.2, -0.15) is 4.37 Å². The largest absolute Gasteiger partial charge is 0.494 e. The van der Waals surface area contributed by atoms with Crippen LogP contribution in [-0.2, 0) is 0 Å². The van der Waals surface area contributed by atoms with E-state index in [0.29, 0.717) is 17.3 Å². The summed E-state index contributed by atoms with van der Waals surface area (Å²) in [7, 11) is 0. The summed E-state index contributed by atoms with van der Waals surface area (Å²) < 4.78 is 9.10. The quantitative estimate of drug-likeness (QED) is 0.902. The summed E-state index contributed by atoms with van der Waals surface area (Å²) in [6, 6.07) is 6.94. The Bertz CT molecular complexity index is 482. The van der Waals surface area contributed by atoms with Gasteiger partial charge in [0.1, 0.15) is 12.1 Å². The minimum Gasteiger partial charge on any atom is -0.494 e. The molecule has 0 spiro atoms. The number of rotatable bonds is 4. The van der Waals surface area contributed by atoms with Crippen LogP contribution in [0.5, 0.6) is 5.75 Å². The van der Waals surface area contributed by atoms with Gasteiger partial charge >= 0.3 is 0 Å². The van der Waals surface area contributed by atoms with Crippen molar-refractivity contribution in [3.8, 4) is 5.75 Å². The number of hydrogen-bond donors (Lipinski definition) is 1. The Balaban J connectivity index is 2.04. The lowest BCUT2D eigenvalue weighted by Gasteiger charge is -2.04. The molecule has 0 aliphatic carbocycles. The Morgan fingerprint density at radius 2 is 2.18 bits per heavy atom. The summed E-state index contributed by atoms with van der Waals surface area (Å²) in [5.74, 6) is 0.546. The Kier molecular flexibility index (Phi) is 3.66. The van der Waals surface area contributed by atoms with Gasteiger partial charge in [0, 0.05) is 17.1 Å². The third-order valence-electron chi connectivity index (χ3n) is 2.01. The molecule has 0 atom stereocenters. The van der Waals surface area contributed by atoms with Gasteiger partial charge < -0.3 is 4.74 Å². The molecule has 0 aliphatic rings. The molecular weight excluding hydrogens is 238 g/mol. The molecule has 1 amide bonds. The molecule has 0 fully saturated rings. The molecule has 0 unspecified atom stereocenters. The number of anilines is 1. The second-order valence-electron chi connectivity index (χ2n) is 3.16. The van der Waals surface area contributed by atoms with E-state index in [0.717, 1.165) is 17.3 Å². The third kappa shape index (κ3) is 3.01. The van der Waals surface area contributed by atoms with E-state index in [1.807, 2.05) is 6.92 Å². The van der Waals surface area contributed by atoms with Crippen LogP contribution < -0.4 is 10.1 Å². The van der Waals surface area contributed by atoms with E-state index < -0.39 is 0 Å². The maximum absolute atomic E-state index is 11.8. The molecule has 1 aromatic carbocycles. The molecule has 2 aromatic rings. The number of amides is 1. The molecule has 1 aromatic heterocycles. The van der Waals surface area contributed by atoms with Gasteiger partial charge in [-0.15, -0.1) is 0 Å². The van der Waals surface area contributed by atoms with Gasteiger partial charge in [-0.05, 0) is 31.2 Å². The van der Waals surface area contributed by atoms with E-state index in [1.165, 1.54) is 6.33 Å². The first kappa shape index (κ1) is 11.5. The van der Waals surface area contributed by atoms with E-state index in [2.05, 4.69) is 14.7 Å². The Hall–Kier alpha value is -1.95. The van der Waals surface area contributed by atoms with E-state index in [1.54, 1.807) is 24.3 Å². The lowest BCUT2D eigenvalue weighted by atomic mass is 10.2. The number of nitrogens with one attached hydrogen (secondary N) is 1. The van der Waals surface area contributed by atoms with Crippen molar-refractivity contribution in [2.24, 2.45) is 0 Å². The first-order chi connectivity index (χ1) is 8.29. The average molecular weight is 249 g/mol. The molecule has 0 radical (unpaired) electrons. The standard InChI is InChI=1S/C11H11N3O2S/c1-2-16-9-5-3-8(4-6-9)10(15)14-11-12-7-13-17-11/h3-7H,2H2,1H3,(H,12,13,14,15). The predicted molar refractivity (Wildman–Crippen MR) is 65.5 cm³/mol. The number of carbonyl (C=O) groups excluding carboxylic acids is 1. The maximum Gasteiger partial charge on any atom is 0.257 e. The fraction of sp³-hybridized carbons (Fsp3) is 0.182. The first-order valence-corrected chi connectivity index (χ1v) is 5.88. The molecule has 0 saturated heterocycles. The average Bonchev–Trinajstić information content (AvgIpc) is 2.83. The molecule has 2 rings (SSSR count). The number of hydrogen-bond acceptors (Lipinski definition) is 5. The Morgan fingerprint density at radius 3 is 2.76 bits per heavy atom. The monoisotopic (exact) mass is 249 g/mol. The number of carbonyl (C=O) groups is 1. The molecule has 0 bridgehead atoms. The number of benzene rings is 1. The molecule has 0 aliphatic heterocycles. The van der Waals surface area contributed by atoms with Crippen molar-refractivity contribution < 1.29 is 9.53 Å². The van der Waals surface area contributed by atoms with Gasteiger partial charge in [0.25, 0.3) is 5.91 Å². The van der Waals surface area contributed by atoms with Crippen LogP contribution in [0.25, 0.3) is 0 Å². The molecule has 88 valence electrons. The normalized spacial score (nSPS) is 9.94. The fourth-order valence-electron chi connectivity index (χ4n) is 1.27.